The van der Waals surface area contributed by atoms with E-state index in [1.807, 2.05) is 32.0 Å². The molecule has 0 unspecified atom stereocenters. The maximum absolute atomic E-state index is 11.8. The van der Waals surface area contributed by atoms with Gasteiger partial charge in [-0.2, -0.15) is 4.99 Å². The number of nitrogens with zero attached hydrogens (tertiary/aromatic N) is 1. The Labute approximate surface area is 185 Å². The van der Waals surface area contributed by atoms with Gasteiger partial charge in [0.2, 0.25) is 0 Å². The van der Waals surface area contributed by atoms with E-state index >= 15 is 0 Å². The smallest absolute Gasteiger partial charge is 0.286 e. The van der Waals surface area contributed by atoms with Gasteiger partial charge in [-0.15, -0.1) is 0 Å². The lowest BCUT2D eigenvalue weighted by atomic mass is 10.1. The van der Waals surface area contributed by atoms with Crippen LogP contribution in [0.3, 0.4) is 0 Å². The Morgan fingerprint density at radius 3 is 2.53 bits per heavy atom. The predicted molar refractivity (Wildman–Crippen MR) is 122 cm³/mol. The first-order valence-corrected chi connectivity index (χ1v) is 10.6. The zero-order chi connectivity index (χ0) is 21.7. The summed E-state index contributed by atoms with van der Waals surface area (Å²) in [5.41, 5.74) is 8.68. The summed E-state index contributed by atoms with van der Waals surface area (Å²) in [4.78, 5) is 16.0. The highest BCUT2D eigenvalue weighted by Gasteiger charge is 2.20. The van der Waals surface area contributed by atoms with E-state index in [0.717, 1.165) is 17.5 Å². The van der Waals surface area contributed by atoms with E-state index in [1.165, 1.54) is 11.1 Å². The summed E-state index contributed by atoms with van der Waals surface area (Å²) in [6, 6.07) is 9.43. The van der Waals surface area contributed by atoms with Gasteiger partial charge in [-0.05, 0) is 79.6 Å². The van der Waals surface area contributed by atoms with Gasteiger partial charge in [0, 0.05) is 0 Å². The van der Waals surface area contributed by atoms with E-state index in [0.29, 0.717) is 46.8 Å². The number of carbonyl (C=O) groups excluding carboxylic acids is 1. The Kier molecular flexibility index (Phi) is 7.29. The molecule has 0 fully saturated rings. The first-order valence-electron chi connectivity index (χ1n) is 9.44. The normalized spacial score (nSPS) is 14.7. The third-order valence-electron chi connectivity index (χ3n) is 4.34. The Hall–Kier alpha value is -2.64. The average molecular weight is 447 g/mol. The number of aryl methyl sites for hydroxylation is 2. The Morgan fingerprint density at radius 2 is 1.87 bits per heavy atom. The predicted octanol–water partition coefficient (Wildman–Crippen LogP) is 4.74. The van der Waals surface area contributed by atoms with Gasteiger partial charge < -0.3 is 19.9 Å². The van der Waals surface area contributed by atoms with Crippen LogP contribution < -0.4 is 19.9 Å². The summed E-state index contributed by atoms with van der Waals surface area (Å²) in [5.74, 6) is 1.35. The number of ether oxygens (including phenoxy) is 3. The van der Waals surface area contributed by atoms with Crippen molar-refractivity contribution >= 4 is 40.5 Å². The minimum Gasteiger partial charge on any atom is -0.490 e. The van der Waals surface area contributed by atoms with Crippen LogP contribution in [0.25, 0.3) is 6.08 Å². The molecule has 3 rings (SSSR count). The van der Waals surface area contributed by atoms with Crippen LogP contribution in [0.4, 0.5) is 0 Å². The largest absolute Gasteiger partial charge is 0.490 e. The number of halogens is 1. The van der Waals surface area contributed by atoms with Gasteiger partial charge in [-0.3, -0.25) is 4.79 Å². The molecule has 0 atom stereocenters. The quantitative estimate of drug-likeness (QED) is 0.465. The van der Waals surface area contributed by atoms with Crippen LogP contribution >= 0.6 is 23.4 Å². The third-order valence-corrected chi connectivity index (χ3v) is 5.44. The monoisotopic (exact) mass is 446 g/mol. The molecule has 8 heteroatoms. The van der Waals surface area contributed by atoms with Gasteiger partial charge in [-0.1, -0.05) is 17.7 Å². The minimum absolute atomic E-state index is 0.228. The molecule has 2 N–H and O–H groups in total. The number of hydrogen-bond donors (Lipinski definition) is 1. The van der Waals surface area contributed by atoms with Crippen molar-refractivity contribution in [1.82, 2.24) is 0 Å². The molecule has 0 aliphatic carbocycles. The van der Waals surface area contributed by atoms with Crippen molar-refractivity contribution in [2.45, 2.75) is 20.8 Å². The summed E-state index contributed by atoms with van der Waals surface area (Å²) >= 11 is 7.56. The SMILES string of the molecule is CCOc1cc(C=C2SC(N)=NC2=O)cc(Cl)c1OCCOc1ccc(C)c(C)c1. The van der Waals surface area contributed by atoms with Crippen molar-refractivity contribution in [3.8, 4) is 17.2 Å². The van der Waals surface area contributed by atoms with Gasteiger partial charge in [0.15, 0.2) is 16.7 Å². The average Bonchev–Trinajstić information content (AvgIpc) is 3.00. The first-order chi connectivity index (χ1) is 14.4. The van der Waals surface area contributed by atoms with Crippen molar-refractivity contribution < 1.29 is 19.0 Å². The number of aliphatic imine (C=N–C) groups is 1. The van der Waals surface area contributed by atoms with Crippen LogP contribution in [0.5, 0.6) is 17.2 Å². The van der Waals surface area contributed by atoms with Crippen molar-refractivity contribution in [3.63, 3.8) is 0 Å². The summed E-state index contributed by atoms with van der Waals surface area (Å²) < 4.78 is 17.3. The molecule has 0 saturated carbocycles. The first kappa shape index (κ1) is 22.1. The molecule has 158 valence electrons. The molecule has 0 aromatic heterocycles. The number of thioether (sulfide) groups is 1. The number of benzene rings is 2. The van der Waals surface area contributed by atoms with Crippen molar-refractivity contribution in [3.05, 3.63) is 56.9 Å². The lowest BCUT2D eigenvalue weighted by Crippen LogP contribution is -2.10. The molecule has 0 saturated heterocycles. The van der Waals surface area contributed by atoms with Gasteiger partial charge in [0.25, 0.3) is 5.91 Å². The molecule has 1 heterocycles. The maximum Gasteiger partial charge on any atom is 0.286 e. The highest BCUT2D eigenvalue weighted by atomic mass is 35.5. The highest BCUT2D eigenvalue weighted by molar-refractivity contribution is 8.18. The second kappa shape index (κ2) is 9.91. The van der Waals surface area contributed by atoms with Crippen molar-refractivity contribution in [2.75, 3.05) is 19.8 Å². The molecule has 1 aliphatic rings. The Balaban J connectivity index is 1.68. The molecule has 0 bridgehead atoms. The molecule has 1 amide bonds. The third kappa shape index (κ3) is 5.49. The molecular weight excluding hydrogens is 424 g/mol. The van der Waals surface area contributed by atoms with Gasteiger partial charge in [0.05, 0.1) is 16.5 Å². The van der Waals surface area contributed by atoms with Crippen LogP contribution in [0.15, 0.2) is 40.2 Å². The number of amides is 1. The van der Waals surface area contributed by atoms with E-state index in [4.69, 9.17) is 31.5 Å². The lowest BCUT2D eigenvalue weighted by molar-refractivity contribution is -0.113. The van der Waals surface area contributed by atoms with Crippen LogP contribution in [-0.2, 0) is 4.79 Å². The zero-order valence-electron chi connectivity index (χ0n) is 17.0. The molecule has 0 spiro atoms. The van der Waals surface area contributed by atoms with Crippen molar-refractivity contribution in [1.29, 1.82) is 0 Å². The van der Waals surface area contributed by atoms with Crippen LogP contribution in [0, 0.1) is 13.8 Å². The Bertz CT molecular complexity index is 1020. The van der Waals surface area contributed by atoms with E-state index in [-0.39, 0.29) is 11.1 Å². The molecule has 30 heavy (non-hydrogen) atoms. The lowest BCUT2D eigenvalue weighted by Gasteiger charge is -2.15. The molecule has 6 nitrogen and oxygen atoms in total. The summed E-state index contributed by atoms with van der Waals surface area (Å²) in [6.07, 6.45) is 1.68. The molecule has 1 aliphatic heterocycles. The molecule has 2 aromatic rings. The van der Waals surface area contributed by atoms with E-state index in [1.54, 1.807) is 18.2 Å². The summed E-state index contributed by atoms with van der Waals surface area (Å²) in [6.45, 7) is 7.07. The van der Waals surface area contributed by atoms with Gasteiger partial charge in [0.1, 0.15) is 19.0 Å². The van der Waals surface area contributed by atoms with Gasteiger partial charge >= 0.3 is 0 Å². The van der Waals surface area contributed by atoms with E-state index < -0.39 is 0 Å². The number of rotatable bonds is 8. The topological polar surface area (TPSA) is 83.1 Å². The number of hydrogen-bond acceptors (Lipinski definition) is 6. The second-order valence-corrected chi connectivity index (χ2v) is 8.04. The standard InChI is InChI=1S/C22H23ClN2O4S/c1-4-27-18-11-15(12-19-21(26)25-22(24)30-19)10-17(23)20(18)29-8-7-28-16-6-5-13(2)14(3)9-16/h5-6,9-12H,4,7-8H2,1-3H3,(H2,24,25,26). The molecule has 2 aromatic carbocycles. The fourth-order valence-corrected chi connectivity index (χ4v) is 3.71. The van der Waals surface area contributed by atoms with Crippen LogP contribution in [0.1, 0.15) is 23.6 Å². The van der Waals surface area contributed by atoms with E-state index in [9.17, 15) is 4.79 Å². The van der Waals surface area contributed by atoms with Gasteiger partial charge in [-0.25, -0.2) is 0 Å². The summed E-state index contributed by atoms with van der Waals surface area (Å²) in [7, 11) is 0. The van der Waals surface area contributed by atoms with Crippen LogP contribution in [-0.4, -0.2) is 30.9 Å². The highest BCUT2D eigenvalue weighted by Crippen LogP contribution is 2.38. The molecular formula is C22H23ClN2O4S. The second-order valence-electron chi connectivity index (χ2n) is 6.57. The minimum atomic E-state index is -0.365. The number of nitrogens with two attached hydrogens (primary N) is 1. The molecule has 0 radical (unpaired) electrons. The van der Waals surface area contributed by atoms with Crippen LogP contribution in [0.2, 0.25) is 5.02 Å². The maximum atomic E-state index is 11.8. The van der Waals surface area contributed by atoms with Crippen molar-refractivity contribution in [2.24, 2.45) is 10.7 Å². The Morgan fingerprint density at radius 1 is 1.10 bits per heavy atom. The summed E-state index contributed by atoms with van der Waals surface area (Å²) in [5, 5.41) is 0.606. The van der Waals surface area contributed by atoms with E-state index in [2.05, 4.69) is 11.9 Å². The number of amidine groups is 1. The fourth-order valence-electron chi connectivity index (χ4n) is 2.76. The number of carbonyl (C=O) groups is 1. The zero-order valence-corrected chi connectivity index (χ0v) is 18.6. The fraction of sp³-hybridized carbons (Fsp3) is 0.273.